The molecule has 0 saturated carbocycles. The molecule has 0 bridgehead atoms. The summed E-state index contributed by atoms with van der Waals surface area (Å²) in [5.74, 6) is 1.39. The van der Waals surface area contributed by atoms with Gasteiger partial charge in [0.2, 0.25) is 0 Å². The van der Waals surface area contributed by atoms with Gasteiger partial charge in [-0.1, -0.05) is 120 Å². The molecule has 2 aliphatic carbocycles. The van der Waals surface area contributed by atoms with Crippen LogP contribution in [0.1, 0.15) is 75.9 Å². The molecule has 4 heteroatoms. The number of benzene rings is 4. The summed E-state index contributed by atoms with van der Waals surface area (Å²) in [5.41, 5.74) is 13.2. The Hall–Kier alpha value is -5.48. The summed E-state index contributed by atoms with van der Waals surface area (Å²) in [6.45, 7) is 14.1. The van der Waals surface area contributed by atoms with Crippen LogP contribution in [0.2, 0.25) is 0 Å². The van der Waals surface area contributed by atoms with Gasteiger partial charge >= 0.3 is 0 Å². The van der Waals surface area contributed by atoms with Crippen molar-refractivity contribution in [3.8, 4) is 17.1 Å². The van der Waals surface area contributed by atoms with E-state index >= 15 is 0 Å². The van der Waals surface area contributed by atoms with Gasteiger partial charge in [0.05, 0.1) is 22.1 Å². The molecule has 258 valence electrons. The average molecular weight is 679 g/mol. The predicted molar refractivity (Wildman–Crippen MR) is 216 cm³/mol. The molecule has 0 radical (unpaired) electrons. The van der Waals surface area contributed by atoms with Crippen LogP contribution in [0, 0.1) is 11.3 Å². The van der Waals surface area contributed by atoms with Crippen molar-refractivity contribution in [2.75, 3.05) is 0 Å². The number of aromatic nitrogens is 4. The third-order valence-corrected chi connectivity index (χ3v) is 11.7. The van der Waals surface area contributed by atoms with Crippen LogP contribution in [-0.2, 0) is 17.9 Å². The minimum absolute atomic E-state index is 0.0249. The van der Waals surface area contributed by atoms with Crippen LogP contribution in [0.25, 0.3) is 44.5 Å². The first-order chi connectivity index (χ1) is 25.0. The van der Waals surface area contributed by atoms with Crippen molar-refractivity contribution >= 4 is 27.4 Å². The average Bonchev–Trinajstić information content (AvgIpc) is 3.81. The first kappa shape index (κ1) is 32.4. The van der Waals surface area contributed by atoms with Crippen molar-refractivity contribution in [2.24, 2.45) is 18.4 Å². The SMILES string of the molecule is Cn1ccnc1-c1cccc(-n2c3ccccc3c3ccc([C@@]4(c5ccccn5)C5=CCC(C(C)(C)C)C=C5c5cc(C(C)(C)C)ccc54)cc32)c1. The van der Waals surface area contributed by atoms with Gasteiger partial charge in [0.25, 0.3) is 0 Å². The Kier molecular flexibility index (Phi) is 7.18. The van der Waals surface area contributed by atoms with E-state index in [-0.39, 0.29) is 10.8 Å². The molecule has 9 rings (SSSR count). The molecule has 4 aromatic carbocycles. The number of hydrogen-bond acceptors (Lipinski definition) is 2. The van der Waals surface area contributed by atoms with Crippen LogP contribution >= 0.6 is 0 Å². The quantitative estimate of drug-likeness (QED) is 0.186. The number of imidazole rings is 1. The fraction of sp³-hybridized carbons (Fsp3) is 0.250. The lowest BCUT2D eigenvalue weighted by Crippen LogP contribution is -2.31. The van der Waals surface area contributed by atoms with Gasteiger partial charge in [0, 0.05) is 47.7 Å². The van der Waals surface area contributed by atoms with Gasteiger partial charge in [-0.3, -0.25) is 4.98 Å². The van der Waals surface area contributed by atoms with E-state index in [9.17, 15) is 0 Å². The molecule has 0 N–H and O–H groups in total. The molecule has 0 fully saturated rings. The van der Waals surface area contributed by atoms with Crippen molar-refractivity contribution in [3.63, 3.8) is 0 Å². The van der Waals surface area contributed by atoms with E-state index in [1.54, 1.807) is 0 Å². The summed E-state index contributed by atoms with van der Waals surface area (Å²) >= 11 is 0. The van der Waals surface area contributed by atoms with E-state index in [4.69, 9.17) is 4.98 Å². The molecule has 2 aliphatic rings. The highest BCUT2D eigenvalue weighted by Crippen LogP contribution is 2.60. The fourth-order valence-electron chi connectivity index (χ4n) is 8.84. The molecule has 2 atom stereocenters. The first-order valence-electron chi connectivity index (χ1n) is 18.6. The smallest absolute Gasteiger partial charge is 0.139 e. The molecule has 4 nitrogen and oxygen atoms in total. The second-order valence-electron chi connectivity index (χ2n) is 16.9. The molecule has 3 aromatic heterocycles. The second-order valence-corrected chi connectivity index (χ2v) is 16.9. The monoisotopic (exact) mass is 678 g/mol. The Morgan fingerprint density at radius 2 is 1.54 bits per heavy atom. The zero-order valence-corrected chi connectivity index (χ0v) is 31.3. The van der Waals surface area contributed by atoms with Crippen LogP contribution < -0.4 is 0 Å². The second kappa shape index (κ2) is 11.5. The molecule has 0 aliphatic heterocycles. The van der Waals surface area contributed by atoms with Crippen molar-refractivity contribution in [1.82, 2.24) is 19.1 Å². The molecule has 0 spiro atoms. The highest BCUT2D eigenvalue weighted by Gasteiger charge is 2.51. The number of para-hydroxylation sites is 1. The number of nitrogens with zero attached hydrogens (tertiary/aromatic N) is 4. The Morgan fingerprint density at radius 1 is 0.731 bits per heavy atom. The Bertz CT molecular complexity index is 2580. The van der Waals surface area contributed by atoms with E-state index < -0.39 is 5.41 Å². The topological polar surface area (TPSA) is 35.6 Å². The third-order valence-electron chi connectivity index (χ3n) is 11.7. The van der Waals surface area contributed by atoms with Crippen LogP contribution in [-0.4, -0.2) is 19.1 Å². The number of rotatable bonds is 4. The van der Waals surface area contributed by atoms with Gasteiger partial charge < -0.3 is 9.13 Å². The van der Waals surface area contributed by atoms with Gasteiger partial charge in [0.15, 0.2) is 0 Å². The van der Waals surface area contributed by atoms with Crippen LogP contribution in [0.15, 0.2) is 139 Å². The maximum Gasteiger partial charge on any atom is 0.139 e. The highest BCUT2D eigenvalue weighted by atomic mass is 15.0. The van der Waals surface area contributed by atoms with E-state index in [2.05, 4.69) is 172 Å². The van der Waals surface area contributed by atoms with Gasteiger partial charge in [-0.05, 0) is 93.0 Å². The molecule has 1 unspecified atom stereocenters. The summed E-state index contributed by atoms with van der Waals surface area (Å²) in [5, 5.41) is 2.48. The Balaban J connectivity index is 1.36. The number of pyridine rings is 1. The van der Waals surface area contributed by atoms with E-state index in [1.165, 1.54) is 55.2 Å². The van der Waals surface area contributed by atoms with E-state index in [0.29, 0.717) is 5.92 Å². The number of hydrogen-bond donors (Lipinski definition) is 0. The van der Waals surface area contributed by atoms with Crippen LogP contribution in [0.5, 0.6) is 0 Å². The minimum Gasteiger partial charge on any atom is -0.334 e. The third kappa shape index (κ3) is 4.80. The number of allylic oxidation sites excluding steroid dienone is 4. The maximum absolute atomic E-state index is 5.21. The number of aryl methyl sites for hydroxylation is 1. The summed E-state index contributed by atoms with van der Waals surface area (Å²) < 4.78 is 4.52. The number of fused-ring (bicyclic) bond motifs is 6. The van der Waals surface area contributed by atoms with Crippen LogP contribution in [0.4, 0.5) is 0 Å². The molecule has 3 heterocycles. The van der Waals surface area contributed by atoms with Gasteiger partial charge in [0.1, 0.15) is 5.82 Å². The van der Waals surface area contributed by atoms with Crippen molar-refractivity contribution in [1.29, 1.82) is 0 Å². The summed E-state index contributed by atoms with van der Waals surface area (Å²) in [4.78, 5) is 9.88. The highest BCUT2D eigenvalue weighted by molar-refractivity contribution is 6.10. The fourth-order valence-corrected chi connectivity index (χ4v) is 8.84. The van der Waals surface area contributed by atoms with Crippen molar-refractivity contribution < 1.29 is 0 Å². The zero-order chi connectivity index (χ0) is 36.0. The van der Waals surface area contributed by atoms with E-state index in [0.717, 1.165) is 29.2 Å². The van der Waals surface area contributed by atoms with Crippen molar-refractivity contribution in [2.45, 2.75) is 58.8 Å². The van der Waals surface area contributed by atoms with Crippen molar-refractivity contribution in [3.05, 3.63) is 167 Å². The predicted octanol–water partition coefficient (Wildman–Crippen LogP) is 11.6. The molecular formula is C48H46N4. The Morgan fingerprint density at radius 3 is 2.29 bits per heavy atom. The normalized spacial score (nSPS) is 18.7. The lowest BCUT2D eigenvalue weighted by molar-refractivity contribution is 0.293. The first-order valence-corrected chi connectivity index (χ1v) is 18.6. The summed E-state index contributed by atoms with van der Waals surface area (Å²) in [6, 6.07) is 38.4. The minimum atomic E-state index is -0.577. The van der Waals surface area contributed by atoms with Gasteiger partial charge in [-0.15, -0.1) is 0 Å². The van der Waals surface area contributed by atoms with E-state index in [1.807, 2.05) is 24.7 Å². The Labute approximate surface area is 307 Å². The summed E-state index contributed by atoms with van der Waals surface area (Å²) in [6.07, 6.45) is 12.0. The summed E-state index contributed by atoms with van der Waals surface area (Å²) in [7, 11) is 2.05. The zero-order valence-electron chi connectivity index (χ0n) is 31.3. The maximum atomic E-state index is 5.21. The molecule has 0 saturated heterocycles. The van der Waals surface area contributed by atoms with Gasteiger partial charge in [-0.2, -0.15) is 0 Å². The molecular weight excluding hydrogens is 633 g/mol. The largest absolute Gasteiger partial charge is 0.334 e. The lowest BCUT2D eigenvalue weighted by Gasteiger charge is -2.36. The molecule has 52 heavy (non-hydrogen) atoms. The van der Waals surface area contributed by atoms with Gasteiger partial charge in [-0.25, -0.2) is 4.98 Å². The lowest BCUT2D eigenvalue weighted by atomic mass is 9.66. The standard InChI is InChI=1S/C48H46N4/c1-46(2,3)32-19-22-40-38(28-32)39-29-33(47(4,5)6)20-23-41(39)48(40,44-17-10-11-24-49-44)34-18-21-37-36-15-8-9-16-42(36)52(43(37)30-34)35-14-12-13-31(27-35)45-50-25-26-51(45)7/h8-19,21-30,33H,20H2,1-7H3/t33?,48-/m0/s1. The van der Waals surface area contributed by atoms with Crippen LogP contribution in [0.3, 0.4) is 0 Å². The molecule has 0 amide bonds. The molecule has 7 aromatic rings.